The monoisotopic (exact) mass is 317 g/mol. The summed E-state index contributed by atoms with van der Waals surface area (Å²) >= 11 is 0. The Bertz CT molecular complexity index is 589. The van der Waals surface area contributed by atoms with Gasteiger partial charge >= 0.3 is 0 Å². The number of nitrogens with one attached hydrogen (secondary N) is 2. The molecule has 2 N–H and O–H groups in total. The van der Waals surface area contributed by atoms with E-state index in [1.54, 1.807) is 13.3 Å². The fraction of sp³-hybridized carbons (Fsp3) is 0.438. The van der Waals surface area contributed by atoms with Gasteiger partial charge in [0.15, 0.2) is 5.82 Å². The number of benzene rings is 1. The van der Waals surface area contributed by atoms with Gasteiger partial charge in [0.25, 0.3) is 0 Å². The van der Waals surface area contributed by atoms with E-state index in [0.29, 0.717) is 18.4 Å². The quantitative estimate of drug-likeness (QED) is 0.688. The molecule has 7 heteroatoms. The molecule has 0 fully saturated rings. The summed E-state index contributed by atoms with van der Waals surface area (Å²) in [6.45, 7) is 5.47. The second kappa shape index (κ2) is 8.89. The fourth-order valence-corrected chi connectivity index (χ4v) is 1.89. The van der Waals surface area contributed by atoms with Crippen LogP contribution >= 0.6 is 0 Å². The molecule has 2 aromatic rings. The first kappa shape index (κ1) is 17.0. The Balaban J connectivity index is 1.91. The minimum absolute atomic E-state index is 0.155. The summed E-state index contributed by atoms with van der Waals surface area (Å²) in [5.41, 5.74) is 0.874. The van der Waals surface area contributed by atoms with Crippen molar-refractivity contribution in [3.05, 3.63) is 30.5 Å². The lowest BCUT2D eigenvalue weighted by atomic mass is 10.3. The summed E-state index contributed by atoms with van der Waals surface area (Å²) in [4.78, 5) is 4.37. The van der Waals surface area contributed by atoms with Crippen LogP contribution in [0.1, 0.15) is 20.3 Å². The number of rotatable bonds is 9. The van der Waals surface area contributed by atoms with Crippen LogP contribution in [0.2, 0.25) is 0 Å². The van der Waals surface area contributed by atoms with Crippen molar-refractivity contribution in [2.75, 3.05) is 30.9 Å². The molecule has 0 amide bonds. The summed E-state index contributed by atoms with van der Waals surface area (Å²) < 4.78 is 10.6. The molecule has 0 unspecified atom stereocenters. The Morgan fingerprint density at radius 2 is 1.96 bits per heavy atom. The van der Waals surface area contributed by atoms with Gasteiger partial charge in [-0.25, -0.2) is 0 Å². The van der Waals surface area contributed by atoms with Gasteiger partial charge in [0.1, 0.15) is 5.75 Å². The Labute approximate surface area is 136 Å². The molecule has 124 valence electrons. The van der Waals surface area contributed by atoms with E-state index in [-0.39, 0.29) is 6.10 Å². The molecule has 0 bridgehead atoms. The summed E-state index contributed by atoms with van der Waals surface area (Å²) in [5, 5.41) is 14.2. The number of hydrogen-bond donors (Lipinski definition) is 2. The van der Waals surface area contributed by atoms with Crippen LogP contribution in [-0.4, -0.2) is 41.5 Å². The van der Waals surface area contributed by atoms with Crippen LogP contribution in [-0.2, 0) is 4.74 Å². The van der Waals surface area contributed by atoms with Gasteiger partial charge in [-0.15, -0.1) is 5.10 Å². The second-order valence-electron chi connectivity index (χ2n) is 5.25. The van der Waals surface area contributed by atoms with Crippen molar-refractivity contribution in [2.45, 2.75) is 26.4 Å². The number of methoxy groups -OCH3 is 1. The van der Waals surface area contributed by atoms with Gasteiger partial charge in [0, 0.05) is 25.9 Å². The topological polar surface area (TPSA) is 81.2 Å². The zero-order chi connectivity index (χ0) is 16.5. The van der Waals surface area contributed by atoms with Gasteiger partial charge < -0.3 is 20.1 Å². The molecular weight excluding hydrogens is 294 g/mol. The van der Waals surface area contributed by atoms with Crippen LogP contribution in [0.3, 0.4) is 0 Å². The van der Waals surface area contributed by atoms with Gasteiger partial charge in [-0.3, -0.25) is 0 Å². The van der Waals surface area contributed by atoms with Crippen LogP contribution in [0.15, 0.2) is 30.5 Å². The van der Waals surface area contributed by atoms with E-state index in [1.165, 1.54) is 0 Å². The third kappa shape index (κ3) is 6.07. The van der Waals surface area contributed by atoms with Crippen molar-refractivity contribution >= 4 is 17.5 Å². The molecular formula is C16H23N5O2. The minimum Gasteiger partial charge on any atom is -0.491 e. The first-order valence-electron chi connectivity index (χ1n) is 7.63. The average Bonchev–Trinajstić information content (AvgIpc) is 2.53. The number of aromatic nitrogens is 3. The largest absolute Gasteiger partial charge is 0.491 e. The predicted octanol–water partition coefficient (Wildman–Crippen LogP) is 2.85. The first-order chi connectivity index (χ1) is 11.2. The minimum atomic E-state index is 0.155. The number of ether oxygens (including phenoxy) is 2. The Hall–Kier alpha value is -2.41. The predicted molar refractivity (Wildman–Crippen MR) is 90.3 cm³/mol. The van der Waals surface area contributed by atoms with E-state index in [1.807, 2.05) is 38.1 Å². The molecule has 0 saturated heterocycles. The van der Waals surface area contributed by atoms with Crippen molar-refractivity contribution in [3.63, 3.8) is 0 Å². The van der Waals surface area contributed by atoms with Crippen LogP contribution in [0, 0.1) is 0 Å². The zero-order valence-electron chi connectivity index (χ0n) is 13.7. The molecule has 1 heterocycles. The Morgan fingerprint density at radius 3 is 2.65 bits per heavy atom. The summed E-state index contributed by atoms with van der Waals surface area (Å²) in [6.07, 6.45) is 2.65. The molecule has 0 aliphatic heterocycles. The Morgan fingerprint density at radius 1 is 1.17 bits per heavy atom. The molecule has 23 heavy (non-hydrogen) atoms. The van der Waals surface area contributed by atoms with Crippen LogP contribution < -0.4 is 15.4 Å². The normalized spacial score (nSPS) is 10.6. The molecule has 2 rings (SSSR count). The van der Waals surface area contributed by atoms with Crippen molar-refractivity contribution in [2.24, 2.45) is 0 Å². The van der Waals surface area contributed by atoms with Gasteiger partial charge in [0.2, 0.25) is 5.95 Å². The van der Waals surface area contributed by atoms with Crippen molar-refractivity contribution < 1.29 is 9.47 Å². The highest BCUT2D eigenvalue weighted by Gasteiger charge is 2.02. The SMILES string of the molecule is COCCCNc1cnnc(Nc2ccc(OC(C)C)cc2)n1. The highest BCUT2D eigenvalue weighted by atomic mass is 16.5. The zero-order valence-corrected chi connectivity index (χ0v) is 13.7. The smallest absolute Gasteiger partial charge is 0.249 e. The molecule has 0 aliphatic rings. The van der Waals surface area contributed by atoms with E-state index in [4.69, 9.17) is 9.47 Å². The number of anilines is 3. The summed E-state index contributed by atoms with van der Waals surface area (Å²) in [5.74, 6) is 1.95. The Kier molecular flexibility index (Phi) is 6.56. The third-order valence-corrected chi connectivity index (χ3v) is 2.87. The average molecular weight is 317 g/mol. The maximum absolute atomic E-state index is 5.61. The highest BCUT2D eigenvalue weighted by Crippen LogP contribution is 2.19. The molecule has 0 saturated carbocycles. The summed E-state index contributed by atoms with van der Waals surface area (Å²) in [7, 11) is 1.69. The molecule has 0 radical (unpaired) electrons. The highest BCUT2D eigenvalue weighted by molar-refractivity contribution is 5.55. The van der Waals surface area contributed by atoms with E-state index >= 15 is 0 Å². The molecule has 1 aromatic carbocycles. The van der Waals surface area contributed by atoms with Gasteiger partial charge in [-0.1, -0.05) is 0 Å². The molecule has 1 aromatic heterocycles. The van der Waals surface area contributed by atoms with E-state index < -0.39 is 0 Å². The lowest BCUT2D eigenvalue weighted by molar-refractivity contribution is 0.197. The van der Waals surface area contributed by atoms with E-state index in [2.05, 4.69) is 25.8 Å². The number of hydrogen-bond acceptors (Lipinski definition) is 7. The van der Waals surface area contributed by atoms with Crippen molar-refractivity contribution in [1.82, 2.24) is 15.2 Å². The van der Waals surface area contributed by atoms with Crippen molar-refractivity contribution in [3.8, 4) is 5.75 Å². The standard InChI is InChI=1S/C16H23N5O2/c1-12(2)23-14-7-5-13(6-8-14)19-16-20-15(11-18-21-16)17-9-4-10-22-3/h5-8,11-12H,4,9-10H2,1-3H3,(H2,17,19,20,21). The lowest BCUT2D eigenvalue weighted by Crippen LogP contribution is -2.08. The second-order valence-corrected chi connectivity index (χ2v) is 5.25. The summed E-state index contributed by atoms with van der Waals surface area (Å²) in [6, 6.07) is 7.64. The lowest BCUT2D eigenvalue weighted by Gasteiger charge is -2.11. The third-order valence-electron chi connectivity index (χ3n) is 2.87. The maximum atomic E-state index is 5.61. The van der Waals surface area contributed by atoms with Gasteiger partial charge in [0.05, 0.1) is 12.3 Å². The maximum Gasteiger partial charge on any atom is 0.249 e. The molecule has 7 nitrogen and oxygen atoms in total. The van der Waals surface area contributed by atoms with Crippen LogP contribution in [0.25, 0.3) is 0 Å². The van der Waals surface area contributed by atoms with E-state index in [9.17, 15) is 0 Å². The van der Waals surface area contributed by atoms with E-state index in [0.717, 1.165) is 24.4 Å². The van der Waals surface area contributed by atoms with Crippen LogP contribution in [0.4, 0.5) is 17.5 Å². The molecule has 0 spiro atoms. The fourth-order valence-electron chi connectivity index (χ4n) is 1.89. The molecule has 0 atom stereocenters. The first-order valence-corrected chi connectivity index (χ1v) is 7.63. The number of nitrogens with zero attached hydrogens (tertiary/aromatic N) is 3. The van der Waals surface area contributed by atoms with Crippen molar-refractivity contribution in [1.29, 1.82) is 0 Å². The van der Waals surface area contributed by atoms with Gasteiger partial charge in [-0.05, 0) is 44.5 Å². The van der Waals surface area contributed by atoms with Crippen LogP contribution in [0.5, 0.6) is 5.75 Å². The van der Waals surface area contributed by atoms with Gasteiger partial charge in [-0.2, -0.15) is 10.1 Å². The molecule has 0 aliphatic carbocycles.